The first kappa shape index (κ1) is 32.9. The Hall–Kier alpha value is -1.97. The summed E-state index contributed by atoms with van der Waals surface area (Å²) >= 11 is -2.71. The molecular weight excluding hydrogens is 734 g/mol. The summed E-state index contributed by atoms with van der Waals surface area (Å²) in [5, 5.41) is 3.17. The largest absolute Gasteiger partial charge is 1.00 e. The molecule has 0 radical (unpaired) electrons. The minimum Gasteiger partial charge on any atom is -1.00 e. The molecule has 0 spiro atoms. The zero-order valence-electron chi connectivity index (χ0n) is 25.5. The van der Waals surface area contributed by atoms with Crippen LogP contribution in [0.2, 0.25) is 0 Å². The summed E-state index contributed by atoms with van der Waals surface area (Å²) in [7, 11) is 0. The van der Waals surface area contributed by atoms with Gasteiger partial charge in [-0.1, -0.05) is 0 Å². The third kappa shape index (κ3) is 6.29. The molecule has 2 aliphatic carbocycles. The van der Waals surface area contributed by atoms with Crippen LogP contribution in [0.4, 0.5) is 0 Å². The minimum absolute atomic E-state index is 0. The molecular formula is C38H40Cl2HfSi. The van der Waals surface area contributed by atoms with E-state index in [1.54, 1.807) is 24.8 Å². The molecule has 214 valence electrons. The second-order valence-corrected chi connectivity index (χ2v) is 32.4. The topological polar surface area (TPSA) is 0 Å². The molecule has 6 rings (SSSR count). The molecule has 0 aliphatic heterocycles. The van der Waals surface area contributed by atoms with Crippen molar-refractivity contribution >= 4 is 15.9 Å². The summed E-state index contributed by atoms with van der Waals surface area (Å²) in [6.45, 7) is 14.1. The number of halogens is 2. The summed E-state index contributed by atoms with van der Waals surface area (Å²) in [5.41, 5.74) is 8.35. The predicted octanol–water partition coefficient (Wildman–Crippen LogP) is 2.63. The van der Waals surface area contributed by atoms with Crippen molar-refractivity contribution < 1.29 is 44.9 Å². The fourth-order valence-corrected chi connectivity index (χ4v) is 37.4. The van der Waals surface area contributed by atoms with Gasteiger partial charge in [0.1, 0.15) is 0 Å². The van der Waals surface area contributed by atoms with E-state index in [2.05, 4.69) is 157 Å². The van der Waals surface area contributed by atoms with Crippen molar-refractivity contribution in [2.24, 2.45) is 0 Å². The predicted molar refractivity (Wildman–Crippen MR) is 171 cm³/mol. The van der Waals surface area contributed by atoms with Crippen molar-refractivity contribution in [1.29, 1.82) is 0 Å². The molecule has 0 unspecified atom stereocenters. The Morgan fingerprint density at radius 3 is 1.45 bits per heavy atom. The molecule has 0 bridgehead atoms. The number of fused-ring (bicyclic) bond motifs is 3. The summed E-state index contributed by atoms with van der Waals surface area (Å²) in [4.78, 5) is 0. The van der Waals surface area contributed by atoms with Gasteiger partial charge in [0.05, 0.1) is 0 Å². The molecule has 0 nitrogen and oxygen atoms in total. The van der Waals surface area contributed by atoms with Gasteiger partial charge in [-0.15, -0.1) is 0 Å². The van der Waals surface area contributed by atoms with Crippen LogP contribution in [-0.2, 0) is 30.9 Å². The molecule has 0 amide bonds. The fraction of sp³-hybridized carbons (Fsp3) is 0.263. The molecule has 0 heterocycles. The van der Waals surface area contributed by atoms with Gasteiger partial charge < -0.3 is 24.8 Å². The maximum atomic E-state index is 2.61. The van der Waals surface area contributed by atoms with Crippen LogP contribution >= 0.6 is 0 Å². The molecule has 0 saturated heterocycles. The summed E-state index contributed by atoms with van der Waals surface area (Å²) < 4.78 is 2.32. The molecule has 0 aromatic heterocycles. The summed E-state index contributed by atoms with van der Waals surface area (Å²) in [6, 6.07) is 38.1. The van der Waals surface area contributed by atoms with Crippen molar-refractivity contribution in [3.05, 3.63) is 141 Å². The van der Waals surface area contributed by atoms with Crippen molar-refractivity contribution in [2.75, 3.05) is 0 Å². The van der Waals surface area contributed by atoms with Gasteiger partial charge in [0.25, 0.3) is 0 Å². The molecule has 4 aromatic rings. The number of rotatable bonds is 4. The van der Waals surface area contributed by atoms with E-state index in [0.29, 0.717) is 3.67 Å². The average molecular weight is 774 g/mol. The molecule has 0 fully saturated rings. The van der Waals surface area contributed by atoms with Crippen LogP contribution in [0.3, 0.4) is 0 Å². The van der Waals surface area contributed by atoms with Gasteiger partial charge in [0.2, 0.25) is 0 Å². The van der Waals surface area contributed by atoms with Crippen molar-refractivity contribution in [1.82, 2.24) is 0 Å². The normalized spacial score (nSPS) is 13.7. The van der Waals surface area contributed by atoms with Crippen molar-refractivity contribution in [3.63, 3.8) is 0 Å². The van der Waals surface area contributed by atoms with Gasteiger partial charge in [-0.2, -0.15) is 0 Å². The third-order valence-corrected chi connectivity index (χ3v) is 36.1. The second-order valence-electron chi connectivity index (χ2n) is 13.4. The van der Waals surface area contributed by atoms with E-state index < -0.39 is 25.6 Å². The van der Waals surface area contributed by atoms with Gasteiger partial charge in [-0.25, -0.2) is 0 Å². The zero-order valence-corrected chi connectivity index (χ0v) is 31.6. The Kier molecular flexibility index (Phi) is 10.1. The summed E-state index contributed by atoms with van der Waals surface area (Å²) in [6.07, 6.45) is 8.40. The Balaban J connectivity index is 0.00000202. The maximum Gasteiger partial charge on any atom is -1.00 e. The van der Waals surface area contributed by atoms with E-state index in [9.17, 15) is 0 Å². The zero-order chi connectivity index (χ0) is 28.1. The number of hydrogen-bond acceptors (Lipinski definition) is 0. The van der Waals surface area contributed by atoms with Crippen LogP contribution in [0.1, 0.15) is 73.9 Å². The van der Waals surface area contributed by atoms with Gasteiger partial charge in [-0.3, -0.25) is 0 Å². The van der Waals surface area contributed by atoms with Crippen LogP contribution in [-0.4, -0.2) is 5.49 Å². The van der Waals surface area contributed by atoms with Gasteiger partial charge >= 0.3 is 250 Å². The molecule has 0 saturated carbocycles. The Morgan fingerprint density at radius 1 is 0.619 bits per heavy atom. The van der Waals surface area contributed by atoms with Crippen molar-refractivity contribution in [3.8, 4) is 11.1 Å². The maximum absolute atomic E-state index is 2.71. The second kappa shape index (κ2) is 12.9. The van der Waals surface area contributed by atoms with Gasteiger partial charge in [0.15, 0.2) is 0 Å². The monoisotopic (exact) mass is 774 g/mol. The number of hydrogen-bond donors (Lipinski definition) is 0. The Morgan fingerprint density at radius 2 is 1.07 bits per heavy atom. The number of allylic oxidation sites excluding steroid dienone is 4. The molecule has 4 aromatic carbocycles. The third-order valence-electron chi connectivity index (χ3n) is 8.55. The first-order valence-corrected chi connectivity index (χ1v) is 25.4. The Bertz CT molecular complexity index is 1570. The molecule has 4 heteroatoms. The van der Waals surface area contributed by atoms with E-state index in [-0.39, 0.29) is 35.6 Å². The standard InChI is InChI=1S/C21H25.C12H10Si.C5H5.2ClH.Hf/c1-20(2,3)16-7-9-18-14(12-16)11-15-13-17(21(4,5)6)8-10-19(15)18;1-3-7-11(8-4-1)13-12-9-5-2-6-10-12;1-2-4-5-3-1;;;/h7-13H,1-6H3;1-10H;1-3H,4H2;2*1H;/q;;;;;+2/p-2. The van der Waals surface area contributed by atoms with Crippen molar-refractivity contribution in [2.45, 2.75) is 62.5 Å². The SMILES string of the molecule is CC(C)(C)c1ccc2c(c1)[CH]([Hf+2]([C]1=CC=CC1)=[Si](c1ccccc1)c1ccccc1)c1cc(C(C)(C)C)ccc1-2.[Cl-].[Cl-]. The smallest absolute Gasteiger partial charge is 1.00 e. The first-order chi connectivity index (χ1) is 19.1. The van der Waals surface area contributed by atoms with Crippen LogP contribution in [0, 0.1) is 0 Å². The van der Waals surface area contributed by atoms with Crippen LogP contribution in [0.15, 0.2) is 119 Å². The van der Waals surface area contributed by atoms with Crippen LogP contribution < -0.4 is 35.2 Å². The van der Waals surface area contributed by atoms with E-state index in [1.807, 2.05) is 0 Å². The van der Waals surface area contributed by atoms with Gasteiger partial charge in [-0.05, 0) is 0 Å². The van der Waals surface area contributed by atoms with E-state index in [0.717, 1.165) is 6.42 Å². The summed E-state index contributed by atoms with van der Waals surface area (Å²) in [5.74, 6) is 0. The minimum atomic E-state index is -2.71. The van der Waals surface area contributed by atoms with Crippen LogP contribution in [0.25, 0.3) is 11.1 Å². The Labute approximate surface area is 273 Å². The van der Waals surface area contributed by atoms with Crippen LogP contribution in [0.5, 0.6) is 0 Å². The molecule has 42 heavy (non-hydrogen) atoms. The van der Waals surface area contributed by atoms with E-state index >= 15 is 0 Å². The molecule has 2 aliphatic rings. The van der Waals surface area contributed by atoms with Gasteiger partial charge in [0, 0.05) is 0 Å². The molecule has 0 N–H and O–H groups in total. The van der Waals surface area contributed by atoms with E-state index in [1.165, 1.54) is 22.3 Å². The fourth-order valence-electron chi connectivity index (χ4n) is 6.33. The van der Waals surface area contributed by atoms with E-state index in [4.69, 9.17) is 0 Å². The first-order valence-electron chi connectivity index (χ1n) is 14.6. The molecule has 0 atom stereocenters. The quantitative estimate of drug-likeness (QED) is 0.280. The average Bonchev–Trinajstić information content (AvgIpc) is 3.58. The number of benzene rings is 4.